The molecule has 0 bridgehead atoms. The van der Waals surface area contributed by atoms with Crippen LogP contribution in [0.5, 0.6) is 0 Å². The number of nitrogens with zero attached hydrogens (tertiary/aromatic N) is 1. The Morgan fingerprint density at radius 1 is 0.939 bits per heavy atom. The lowest BCUT2D eigenvalue weighted by atomic mass is 9.95. The largest absolute Gasteiger partial charge is 0.503 e. The highest BCUT2D eigenvalue weighted by atomic mass is 35.5. The number of carbonyl (C=O) groups is 3. The number of carbonyl (C=O) groups excluding carboxylic acids is 2. The minimum Gasteiger partial charge on any atom is -0.503 e. The summed E-state index contributed by atoms with van der Waals surface area (Å²) in [4.78, 5) is 39.0. The zero-order valence-electron chi connectivity index (χ0n) is 17.2. The third-order valence-corrected chi connectivity index (χ3v) is 5.62. The maximum Gasteiger partial charge on any atom is 0.335 e. The molecule has 7 heteroatoms. The van der Waals surface area contributed by atoms with Gasteiger partial charge in [-0.3, -0.25) is 14.5 Å². The molecular weight excluding hydrogens is 442 g/mol. The number of halogens is 1. The van der Waals surface area contributed by atoms with Gasteiger partial charge in [0, 0.05) is 10.7 Å². The first-order valence-corrected chi connectivity index (χ1v) is 10.4. The number of carboxylic acid groups (broad SMARTS) is 1. The van der Waals surface area contributed by atoms with Gasteiger partial charge in [-0.05, 0) is 41.5 Å². The van der Waals surface area contributed by atoms with E-state index in [0.29, 0.717) is 10.6 Å². The van der Waals surface area contributed by atoms with Crippen molar-refractivity contribution in [2.45, 2.75) is 6.04 Å². The lowest BCUT2D eigenvalue weighted by Gasteiger charge is -2.27. The van der Waals surface area contributed by atoms with E-state index in [-0.39, 0.29) is 16.8 Å². The number of amides is 1. The maximum absolute atomic E-state index is 13.2. The molecule has 0 spiro atoms. The summed E-state index contributed by atoms with van der Waals surface area (Å²) in [6.07, 6.45) is 2.87. The number of carboxylic acids is 1. The van der Waals surface area contributed by atoms with Crippen LogP contribution in [0.1, 0.15) is 27.5 Å². The van der Waals surface area contributed by atoms with Crippen LogP contribution >= 0.6 is 11.6 Å². The van der Waals surface area contributed by atoms with Crippen molar-refractivity contribution in [1.82, 2.24) is 0 Å². The Hall–Kier alpha value is -4.16. The van der Waals surface area contributed by atoms with E-state index >= 15 is 0 Å². The molecule has 1 atom stereocenters. The number of allylic oxidation sites excluding steroid dienone is 1. The Morgan fingerprint density at radius 2 is 1.64 bits per heavy atom. The minimum absolute atomic E-state index is 0.0403. The van der Waals surface area contributed by atoms with Gasteiger partial charge in [-0.1, -0.05) is 72.3 Å². The molecule has 3 aromatic rings. The van der Waals surface area contributed by atoms with Crippen LogP contribution in [0, 0.1) is 0 Å². The topological polar surface area (TPSA) is 94.9 Å². The SMILES string of the molecule is O=C(C=Cc1ccccc1)C1=C(O)C(=O)N(c2cccc(C(=O)O)c2)C1c1ccccc1Cl. The Morgan fingerprint density at radius 3 is 2.33 bits per heavy atom. The highest BCUT2D eigenvalue weighted by Crippen LogP contribution is 2.43. The van der Waals surface area contributed by atoms with Crippen molar-refractivity contribution in [3.05, 3.63) is 118 Å². The highest BCUT2D eigenvalue weighted by Gasteiger charge is 2.44. The third-order valence-electron chi connectivity index (χ3n) is 5.27. The summed E-state index contributed by atoms with van der Waals surface area (Å²) in [5.74, 6) is -3.26. The van der Waals surface area contributed by atoms with E-state index in [4.69, 9.17) is 11.6 Å². The molecule has 4 rings (SSSR count). The molecule has 0 saturated carbocycles. The Kier molecular flexibility index (Phi) is 6.11. The molecule has 0 radical (unpaired) electrons. The second-order valence-corrected chi connectivity index (χ2v) is 7.73. The lowest BCUT2D eigenvalue weighted by Crippen LogP contribution is -2.31. The average Bonchev–Trinajstić information content (AvgIpc) is 3.09. The summed E-state index contributed by atoms with van der Waals surface area (Å²) < 4.78 is 0. The molecule has 2 N–H and O–H groups in total. The quantitative estimate of drug-likeness (QED) is 0.493. The molecular formula is C26H18ClNO5. The van der Waals surface area contributed by atoms with E-state index in [0.717, 1.165) is 5.56 Å². The normalized spacial score (nSPS) is 16.0. The molecule has 1 aliphatic rings. The number of anilines is 1. The lowest BCUT2D eigenvalue weighted by molar-refractivity contribution is -0.117. The van der Waals surface area contributed by atoms with E-state index in [2.05, 4.69) is 0 Å². The molecule has 1 aliphatic heterocycles. The maximum atomic E-state index is 13.2. The standard InChI is InChI=1S/C26H18ClNO5/c27-20-12-5-4-11-19(20)23-22(21(29)14-13-16-7-2-1-3-8-16)24(30)25(31)28(23)18-10-6-9-17(15-18)26(32)33/h1-15,23,30H,(H,32,33). The van der Waals surface area contributed by atoms with Crippen LogP contribution in [0.25, 0.3) is 6.08 Å². The number of benzene rings is 3. The monoisotopic (exact) mass is 459 g/mol. The summed E-state index contributed by atoms with van der Waals surface area (Å²) in [7, 11) is 0. The smallest absolute Gasteiger partial charge is 0.335 e. The number of aromatic carboxylic acids is 1. The molecule has 0 saturated heterocycles. The summed E-state index contributed by atoms with van der Waals surface area (Å²) >= 11 is 6.41. The fraction of sp³-hybridized carbons (Fsp3) is 0.0385. The molecule has 3 aromatic carbocycles. The molecule has 0 aliphatic carbocycles. The molecule has 1 heterocycles. The molecule has 1 amide bonds. The number of hydrogen-bond acceptors (Lipinski definition) is 4. The first kappa shape index (κ1) is 22.0. The zero-order chi connectivity index (χ0) is 23.5. The van der Waals surface area contributed by atoms with Crippen LogP contribution in [0.2, 0.25) is 5.02 Å². The number of hydrogen-bond donors (Lipinski definition) is 2. The van der Waals surface area contributed by atoms with Crippen LogP contribution in [-0.2, 0) is 9.59 Å². The van der Waals surface area contributed by atoms with E-state index < -0.39 is 29.5 Å². The van der Waals surface area contributed by atoms with Crippen LogP contribution in [0.3, 0.4) is 0 Å². The predicted octanol–water partition coefficient (Wildman–Crippen LogP) is 5.22. The predicted molar refractivity (Wildman–Crippen MR) is 125 cm³/mol. The Labute approximate surface area is 194 Å². The first-order valence-electron chi connectivity index (χ1n) is 10.0. The van der Waals surface area contributed by atoms with Gasteiger partial charge < -0.3 is 10.2 Å². The van der Waals surface area contributed by atoms with Crippen molar-refractivity contribution in [3.8, 4) is 0 Å². The second-order valence-electron chi connectivity index (χ2n) is 7.33. The summed E-state index contributed by atoms with van der Waals surface area (Å²) in [5.41, 5.74) is 1.23. The van der Waals surface area contributed by atoms with Crippen molar-refractivity contribution in [3.63, 3.8) is 0 Å². The van der Waals surface area contributed by atoms with Gasteiger partial charge in [0.2, 0.25) is 0 Å². The van der Waals surface area contributed by atoms with Crippen molar-refractivity contribution in [2.24, 2.45) is 0 Å². The van der Waals surface area contributed by atoms with E-state index in [9.17, 15) is 24.6 Å². The Bertz CT molecular complexity index is 1310. The molecule has 164 valence electrons. The van der Waals surface area contributed by atoms with Crippen LogP contribution in [0.15, 0.2) is 96.3 Å². The van der Waals surface area contributed by atoms with E-state index in [1.807, 2.05) is 30.3 Å². The average molecular weight is 460 g/mol. The molecule has 1 unspecified atom stereocenters. The number of aliphatic hydroxyl groups excluding tert-OH is 1. The summed E-state index contributed by atoms with van der Waals surface area (Å²) in [6.45, 7) is 0. The van der Waals surface area contributed by atoms with E-state index in [1.165, 1.54) is 35.2 Å². The first-order chi connectivity index (χ1) is 15.9. The van der Waals surface area contributed by atoms with Gasteiger partial charge in [0.05, 0.1) is 17.2 Å². The van der Waals surface area contributed by atoms with Gasteiger partial charge in [0.1, 0.15) is 0 Å². The highest BCUT2D eigenvalue weighted by molar-refractivity contribution is 6.32. The zero-order valence-corrected chi connectivity index (χ0v) is 17.9. The van der Waals surface area contributed by atoms with Crippen LogP contribution < -0.4 is 4.90 Å². The van der Waals surface area contributed by atoms with Gasteiger partial charge in [-0.25, -0.2) is 4.79 Å². The molecule has 6 nitrogen and oxygen atoms in total. The fourth-order valence-electron chi connectivity index (χ4n) is 3.73. The molecule has 0 aromatic heterocycles. The van der Waals surface area contributed by atoms with E-state index in [1.54, 1.807) is 30.3 Å². The Balaban J connectivity index is 1.83. The van der Waals surface area contributed by atoms with Gasteiger partial charge in [-0.2, -0.15) is 0 Å². The van der Waals surface area contributed by atoms with Crippen molar-refractivity contribution in [2.75, 3.05) is 4.90 Å². The molecule has 33 heavy (non-hydrogen) atoms. The van der Waals surface area contributed by atoms with Crippen molar-refractivity contribution >= 4 is 41.0 Å². The number of aliphatic hydroxyl groups is 1. The van der Waals surface area contributed by atoms with Gasteiger partial charge >= 0.3 is 5.97 Å². The third kappa shape index (κ3) is 4.29. The minimum atomic E-state index is -1.17. The van der Waals surface area contributed by atoms with Gasteiger partial charge in [-0.15, -0.1) is 0 Å². The summed E-state index contributed by atoms with van der Waals surface area (Å²) in [5, 5.41) is 20.4. The molecule has 0 fully saturated rings. The second kappa shape index (κ2) is 9.14. The van der Waals surface area contributed by atoms with Crippen LogP contribution in [0.4, 0.5) is 5.69 Å². The van der Waals surface area contributed by atoms with Crippen molar-refractivity contribution < 1.29 is 24.6 Å². The number of rotatable bonds is 6. The fourth-order valence-corrected chi connectivity index (χ4v) is 3.97. The van der Waals surface area contributed by atoms with Crippen LogP contribution in [-0.4, -0.2) is 27.9 Å². The van der Waals surface area contributed by atoms with Gasteiger partial charge in [0.15, 0.2) is 11.5 Å². The summed E-state index contributed by atoms with van der Waals surface area (Å²) in [6, 6.07) is 20.5. The van der Waals surface area contributed by atoms with Crippen molar-refractivity contribution in [1.29, 1.82) is 0 Å². The van der Waals surface area contributed by atoms with Gasteiger partial charge in [0.25, 0.3) is 5.91 Å². The number of ketones is 1.